The minimum Gasteiger partial charge on any atom is -0.780 e. The summed E-state index contributed by atoms with van der Waals surface area (Å²) in [6.07, 6.45) is -1.11. The molecule has 17 nitrogen and oxygen atoms in total. The van der Waals surface area contributed by atoms with Crippen LogP contribution in [0.15, 0.2) is 29.7 Å². The Morgan fingerprint density at radius 1 is 1.20 bits per heavy atom. The number of nitrogen functional groups attached to an aromatic ring is 2. The first-order chi connectivity index (χ1) is 19.0. The van der Waals surface area contributed by atoms with Crippen LogP contribution in [0.3, 0.4) is 0 Å². The maximum atomic E-state index is 13.1. The van der Waals surface area contributed by atoms with Gasteiger partial charge in [-0.1, -0.05) is 16.4 Å². The molecule has 21 heteroatoms. The number of rotatable bonds is 10. The van der Waals surface area contributed by atoms with Gasteiger partial charge in [-0.25, -0.2) is 19.7 Å². The van der Waals surface area contributed by atoms with Gasteiger partial charge in [0.25, 0.3) is 0 Å². The second-order valence-corrected chi connectivity index (χ2v) is 13.1. The molecule has 2 aliphatic heterocycles. The molecule has 2 unspecified atom stereocenters. The van der Waals surface area contributed by atoms with E-state index in [4.69, 9.17) is 46.3 Å². The first kappa shape index (κ1) is 29.3. The molecule has 0 aromatic carbocycles. The quantitative estimate of drug-likeness (QED) is 0.186. The zero-order valence-electron chi connectivity index (χ0n) is 20.4. The summed E-state index contributed by atoms with van der Waals surface area (Å²) in [4.78, 5) is 41.3. The summed E-state index contributed by atoms with van der Waals surface area (Å²) < 4.78 is 41.8. The van der Waals surface area contributed by atoms with Crippen LogP contribution >= 0.6 is 13.9 Å². The highest BCUT2D eigenvalue weighted by Gasteiger charge is 2.41. The van der Waals surface area contributed by atoms with Gasteiger partial charge in [-0.3, -0.25) is 9.13 Å². The molecule has 0 radical (unpaired) electrons. The van der Waals surface area contributed by atoms with E-state index in [-0.39, 0.29) is 37.7 Å². The van der Waals surface area contributed by atoms with Crippen LogP contribution in [0, 0.1) is 0 Å². The van der Waals surface area contributed by atoms with E-state index < -0.39 is 56.5 Å². The number of ether oxygens (including phenoxy) is 2. The molecule has 0 saturated carbocycles. The fraction of sp³-hybridized carbons (Fsp3) is 0.526. The van der Waals surface area contributed by atoms with Crippen molar-refractivity contribution in [3.05, 3.63) is 35.4 Å². The van der Waals surface area contributed by atoms with Crippen molar-refractivity contribution in [1.82, 2.24) is 29.1 Å². The SMILES string of the molecule is Nc1ccn([C@H]2C[C@H](OP([O-])(=S)OC[C@H]3O[C@@H](n4cnc5c(N)ncnc54)C[C@@H]3O)[C@@H](CO[P+](=O)[S-])O2)c(=O)n1. The van der Waals surface area contributed by atoms with Crippen LogP contribution in [0.25, 0.3) is 11.2 Å². The first-order valence-electron chi connectivity index (χ1n) is 11.7. The number of hydrogen-bond donors (Lipinski definition) is 3. The third-order valence-corrected chi connectivity index (χ3v) is 8.49. The van der Waals surface area contributed by atoms with Gasteiger partial charge >= 0.3 is 12.9 Å². The Bertz CT molecular complexity index is 1510. The van der Waals surface area contributed by atoms with Crippen molar-refractivity contribution < 1.29 is 37.6 Å². The average molecular weight is 634 g/mol. The lowest BCUT2D eigenvalue weighted by Crippen LogP contribution is -2.31. The summed E-state index contributed by atoms with van der Waals surface area (Å²) in [6, 6.07) is 1.40. The van der Waals surface area contributed by atoms with Gasteiger partial charge in [0, 0.05) is 19.0 Å². The maximum absolute atomic E-state index is 13.1. The third kappa shape index (κ3) is 6.50. The van der Waals surface area contributed by atoms with Crippen molar-refractivity contribution in [2.24, 2.45) is 0 Å². The lowest BCUT2D eigenvalue weighted by atomic mass is 10.2. The number of hydrogen-bond acceptors (Lipinski definition) is 17. The van der Waals surface area contributed by atoms with Gasteiger partial charge in [0.2, 0.25) is 0 Å². The van der Waals surface area contributed by atoms with Crippen LogP contribution in [-0.4, -0.2) is 71.8 Å². The number of aromatic nitrogens is 6. The maximum Gasteiger partial charge on any atom is 0.372 e. The Hall–Kier alpha value is -2.15. The van der Waals surface area contributed by atoms with Crippen molar-refractivity contribution in [2.45, 2.75) is 49.7 Å². The minimum absolute atomic E-state index is 0.00104. The Kier molecular flexibility index (Phi) is 8.80. The molecule has 5 N–H and O–H groups in total. The molecule has 0 amide bonds. The Labute approximate surface area is 237 Å². The topological polar surface area (TPSA) is 237 Å². The molecule has 2 aliphatic rings. The summed E-state index contributed by atoms with van der Waals surface area (Å²) in [5, 5.41) is 10.6. The fourth-order valence-electron chi connectivity index (χ4n) is 4.39. The largest absolute Gasteiger partial charge is 0.780 e. The predicted octanol–water partition coefficient (Wildman–Crippen LogP) is -0.609. The van der Waals surface area contributed by atoms with Crippen molar-refractivity contribution in [3.8, 4) is 0 Å². The van der Waals surface area contributed by atoms with E-state index in [1.54, 1.807) is 4.57 Å². The second-order valence-electron chi connectivity index (χ2n) is 8.83. The molecule has 5 heterocycles. The second kappa shape index (κ2) is 12.0. The highest BCUT2D eigenvalue weighted by atomic mass is 32.7. The number of nitrogens with zero attached hydrogens (tertiary/aromatic N) is 6. The van der Waals surface area contributed by atoms with E-state index in [1.807, 2.05) is 0 Å². The Morgan fingerprint density at radius 3 is 2.70 bits per heavy atom. The normalized spacial score (nSPS) is 28.6. The highest BCUT2D eigenvalue weighted by molar-refractivity contribution is 8.25. The van der Waals surface area contributed by atoms with E-state index in [0.29, 0.717) is 11.2 Å². The van der Waals surface area contributed by atoms with Crippen LogP contribution in [0.5, 0.6) is 0 Å². The molecule has 0 aliphatic carbocycles. The van der Waals surface area contributed by atoms with Gasteiger partial charge in [0.15, 0.2) is 11.5 Å². The molecular weight excluding hydrogens is 610 g/mol. The van der Waals surface area contributed by atoms with Crippen molar-refractivity contribution in [1.29, 1.82) is 0 Å². The molecule has 0 bridgehead atoms. The van der Waals surface area contributed by atoms with E-state index in [1.165, 1.54) is 24.9 Å². The van der Waals surface area contributed by atoms with Crippen molar-refractivity contribution in [3.63, 3.8) is 0 Å². The standard InChI is InChI=1S/C19H24N8O9P2S2/c20-13-1-2-26(19(29)25-13)15-4-10(12(35-15)5-32-37(30)39)36-38(31,40)33-6-11-9(28)3-14(34-11)27-8-24-16-17(21)22-7-23-18(16)27/h1-2,7-12,14-15,28H,3-6H2,(H,31,40)(H2,20,25,29)(H2,21,22,23)/p-1/t9-,10-,11+,12+,14+,15+,38?/m0/s1. The van der Waals surface area contributed by atoms with Crippen LogP contribution in [0.2, 0.25) is 0 Å². The molecular formula is C19H23N8O9P2S2-. The first-order valence-corrected chi connectivity index (χ1v) is 16.4. The van der Waals surface area contributed by atoms with Gasteiger partial charge in [-0.2, -0.15) is 9.51 Å². The lowest BCUT2D eigenvalue weighted by Gasteiger charge is -2.32. The van der Waals surface area contributed by atoms with Gasteiger partial charge in [-0.05, 0) is 6.07 Å². The zero-order valence-corrected chi connectivity index (χ0v) is 23.8. The Morgan fingerprint density at radius 2 is 1.95 bits per heavy atom. The fourth-order valence-corrected chi connectivity index (χ4v) is 6.30. The smallest absolute Gasteiger partial charge is 0.372 e. The molecule has 2 saturated heterocycles. The zero-order chi connectivity index (χ0) is 28.6. The molecule has 216 valence electrons. The number of aliphatic hydroxyl groups is 1. The van der Waals surface area contributed by atoms with Gasteiger partial charge < -0.3 is 52.2 Å². The van der Waals surface area contributed by atoms with Gasteiger partial charge in [0.05, 0.1) is 25.1 Å². The molecule has 8 atom stereocenters. The highest BCUT2D eigenvalue weighted by Crippen LogP contribution is 2.46. The number of imidazole rings is 1. The van der Waals surface area contributed by atoms with Crippen LogP contribution in [-0.2, 0) is 51.7 Å². The molecule has 3 aromatic heterocycles. The molecule has 2 fully saturated rings. The summed E-state index contributed by atoms with van der Waals surface area (Å²) in [7, 11) is -2.39. The number of fused-ring (bicyclic) bond motifs is 1. The van der Waals surface area contributed by atoms with Gasteiger partial charge in [-0.15, -0.1) is 0 Å². The van der Waals surface area contributed by atoms with Crippen molar-refractivity contribution >= 4 is 60.8 Å². The Balaban J connectivity index is 1.23. The number of nitrogens with two attached hydrogens (primary N) is 2. The predicted molar refractivity (Wildman–Crippen MR) is 142 cm³/mol. The van der Waals surface area contributed by atoms with E-state index in [9.17, 15) is 19.4 Å². The molecule has 5 rings (SSSR count). The lowest BCUT2D eigenvalue weighted by molar-refractivity contribution is -0.215. The summed E-state index contributed by atoms with van der Waals surface area (Å²) >= 11 is 9.64. The molecule has 0 spiro atoms. The number of anilines is 2. The van der Waals surface area contributed by atoms with E-state index >= 15 is 0 Å². The van der Waals surface area contributed by atoms with Crippen LogP contribution < -0.4 is 22.1 Å². The summed E-state index contributed by atoms with van der Waals surface area (Å²) in [6.45, 7) is -4.84. The van der Waals surface area contributed by atoms with Crippen LogP contribution in [0.4, 0.5) is 11.6 Å². The minimum atomic E-state index is -4.19. The summed E-state index contributed by atoms with van der Waals surface area (Å²) in [5.74, 6) is 0.223. The van der Waals surface area contributed by atoms with Crippen molar-refractivity contribution in [2.75, 3.05) is 24.7 Å². The average Bonchev–Trinajstić information content (AvgIpc) is 3.58. The monoisotopic (exact) mass is 633 g/mol. The number of aliphatic hydroxyl groups excluding tert-OH is 1. The van der Waals surface area contributed by atoms with Gasteiger partial charge in [0.1, 0.15) is 55.7 Å². The third-order valence-electron chi connectivity index (χ3n) is 6.25. The summed E-state index contributed by atoms with van der Waals surface area (Å²) in [5.41, 5.74) is 11.5. The van der Waals surface area contributed by atoms with E-state index in [2.05, 4.69) is 32.2 Å². The van der Waals surface area contributed by atoms with E-state index in [0.717, 1.165) is 4.57 Å². The molecule has 40 heavy (non-hydrogen) atoms. The van der Waals surface area contributed by atoms with Crippen LogP contribution in [0.1, 0.15) is 25.3 Å². The molecule has 3 aromatic rings.